The Morgan fingerprint density at radius 1 is 1.38 bits per heavy atom. The zero-order valence-corrected chi connectivity index (χ0v) is 10.5. The first-order valence-corrected chi connectivity index (χ1v) is 6.27. The third kappa shape index (κ3) is 1.60. The molecule has 0 atom stereocenters. The van der Waals surface area contributed by atoms with E-state index in [1.165, 1.54) is 18.5 Å². The molecular weight excluding hydrogens is 198 g/mol. The van der Waals surface area contributed by atoms with Gasteiger partial charge >= 0.3 is 0 Å². The molecule has 1 aliphatic rings. The number of hydrogen-bond acceptors (Lipinski definition) is 1. The maximum atomic E-state index is 12.5. The van der Waals surface area contributed by atoms with Gasteiger partial charge in [-0.25, -0.2) is 0 Å². The van der Waals surface area contributed by atoms with E-state index in [0.717, 1.165) is 12.8 Å². The van der Waals surface area contributed by atoms with Crippen LogP contribution in [0.4, 0.5) is 0 Å². The standard InChI is InChI=1S/C14H21NO/c1-11(2)13(16)14(8-4-5-9-14)15-10-6-7-12(15)3/h6-7,10-11H,4-5,8-9H2,1-3H3. The van der Waals surface area contributed by atoms with Gasteiger partial charge in [0.25, 0.3) is 0 Å². The summed E-state index contributed by atoms with van der Waals surface area (Å²) in [5.41, 5.74) is 0.970. The topological polar surface area (TPSA) is 22.0 Å². The quantitative estimate of drug-likeness (QED) is 0.764. The lowest BCUT2D eigenvalue weighted by Gasteiger charge is -2.32. The van der Waals surface area contributed by atoms with Crippen molar-refractivity contribution in [3.8, 4) is 0 Å². The molecule has 1 heterocycles. The van der Waals surface area contributed by atoms with Gasteiger partial charge in [0, 0.05) is 17.8 Å². The molecule has 1 aliphatic carbocycles. The van der Waals surface area contributed by atoms with E-state index in [0.29, 0.717) is 5.78 Å². The lowest BCUT2D eigenvalue weighted by Crippen LogP contribution is -2.42. The van der Waals surface area contributed by atoms with Gasteiger partial charge < -0.3 is 4.57 Å². The van der Waals surface area contributed by atoms with Gasteiger partial charge in [0.2, 0.25) is 0 Å². The molecule has 0 radical (unpaired) electrons. The van der Waals surface area contributed by atoms with Gasteiger partial charge in [0.05, 0.1) is 0 Å². The van der Waals surface area contributed by atoms with Crippen molar-refractivity contribution < 1.29 is 4.79 Å². The second-order valence-electron chi connectivity index (χ2n) is 5.28. The van der Waals surface area contributed by atoms with Crippen molar-refractivity contribution in [3.05, 3.63) is 24.0 Å². The fourth-order valence-corrected chi connectivity index (χ4v) is 3.05. The van der Waals surface area contributed by atoms with Crippen LogP contribution in [0, 0.1) is 12.8 Å². The molecule has 1 saturated carbocycles. The third-order valence-electron chi connectivity index (χ3n) is 3.83. The highest BCUT2D eigenvalue weighted by Crippen LogP contribution is 2.40. The van der Waals surface area contributed by atoms with Gasteiger partial charge in [-0.2, -0.15) is 0 Å². The molecule has 0 aromatic carbocycles. The highest BCUT2D eigenvalue weighted by atomic mass is 16.1. The fourth-order valence-electron chi connectivity index (χ4n) is 3.05. The van der Waals surface area contributed by atoms with Crippen LogP contribution in [0.25, 0.3) is 0 Å². The second kappa shape index (κ2) is 4.08. The van der Waals surface area contributed by atoms with Gasteiger partial charge in [-0.15, -0.1) is 0 Å². The van der Waals surface area contributed by atoms with Crippen molar-refractivity contribution in [2.24, 2.45) is 5.92 Å². The summed E-state index contributed by atoms with van der Waals surface area (Å²) in [6.45, 7) is 6.12. The van der Waals surface area contributed by atoms with Gasteiger partial charge in [0.1, 0.15) is 5.54 Å². The summed E-state index contributed by atoms with van der Waals surface area (Å²) >= 11 is 0. The molecule has 2 rings (SSSR count). The summed E-state index contributed by atoms with van der Waals surface area (Å²) in [6, 6.07) is 4.14. The molecule has 2 heteroatoms. The first-order valence-electron chi connectivity index (χ1n) is 6.27. The van der Waals surface area contributed by atoms with Crippen molar-refractivity contribution in [2.75, 3.05) is 0 Å². The third-order valence-corrected chi connectivity index (χ3v) is 3.83. The number of Topliss-reactive ketones (excluding diaryl/α,β-unsaturated/α-hetero) is 1. The van der Waals surface area contributed by atoms with Crippen LogP contribution < -0.4 is 0 Å². The predicted molar refractivity (Wildman–Crippen MR) is 65.5 cm³/mol. The van der Waals surface area contributed by atoms with E-state index >= 15 is 0 Å². The van der Waals surface area contributed by atoms with Gasteiger partial charge in [-0.3, -0.25) is 4.79 Å². The Balaban J connectivity index is 2.44. The Hall–Kier alpha value is -1.05. The smallest absolute Gasteiger partial charge is 0.161 e. The summed E-state index contributed by atoms with van der Waals surface area (Å²) in [4.78, 5) is 12.5. The molecule has 0 N–H and O–H groups in total. The maximum absolute atomic E-state index is 12.5. The average Bonchev–Trinajstić information content (AvgIpc) is 2.85. The number of rotatable bonds is 3. The van der Waals surface area contributed by atoms with E-state index in [9.17, 15) is 4.79 Å². The lowest BCUT2D eigenvalue weighted by atomic mass is 9.85. The van der Waals surface area contributed by atoms with E-state index in [2.05, 4.69) is 23.8 Å². The molecule has 0 bridgehead atoms. The molecule has 0 aliphatic heterocycles. The van der Waals surface area contributed by atoms with E-state index in [-0.39, 0.29) is 11.5 Å². The van der Waals surface area contributed by atoms with Crippen LogP contribution >= 0.6 is 0 Å². The largest absolute Gasteiger partial charge is 0.339 e. The number of carbonyl (C=O) groups excluding carboxylic acids is 1. The minimum absolute atomic E-state index is 0.125. The molecule has 88 valence electrons. The number of nitrogens with zero attached hydrogens (tertiary/aromatic N) is 1. The maximum Gasteiger partial charge on any atom is 0.161 e. The van der Waals surface area contributed by atoms with Crippen molar-refractivity contribution in [3.63, 3.8) is 0 Å². The molecule has 0 spiro atoms. The Morgan fingerprint density at radius 3 is 2.44 bits per heavy atom. The van der Waals surface area contributed by atoms with E-state index in [1.54, 1.807) is 0 Å². The number of aromatic nitrogens is 1. The summed E-state index contributed by atoms with van der Waals surface area (Å²) in [5, 5.41) is 0. The SMILES string of the molecule is Cc1cccn1C1(C(=O)C(C)C)CCCC1. The van der Waals surface area contributed by atoms with Gasteiger partial charge in [0.15, 0.2) is 5.78 Å². The van der Waals surface area contributed by atoms with Gasteiger partial charge in [-0.1, -0.05) is 26.7 Å². The number of carbonyl (C=O) groups is 1. The molecule has 16 heavy (non-hydrogen) atoms. The van der Waals surface area contributed by atoms with Crippen molar-refractivity contribution in [1.29, 1.82) is 0 Å². The molecule has 1 aromatic rings. The molecule has 1 fully saturated rings. The normalized spacial score (nSPS) is 19.2. The van der Waals surface area contributed by atoms with Gasteiger partial charge in [-0.05, 0) is 31.9 Å². The summed E-state index contributed by atoms with van der Waals surface area (Å²) in [6.07, 6.45) is 6.45. The molecule has 1 aromatic heterocycles. The molecular formula is C14H21NO. The monoisotopic (exact) mass is 219 g/mol. The van der Waals surface area contributed by atoms with Crippen molar-refractivity contribution in [1.82, 2.24) is 4.57 Å². The van der Waals surface area contributed by atoms with Crippen LogP contribution in [0.3, 0.4) is 0 Å². The molecule has 2 nitrogen and oxygen atoms in total. The summed E-state index contributed by atoms with van der Waals surface area (Å²) in [5.74, 6) is 0.532. The highest BCUT2D eigenvalue weighted by molar-refractivity contribution is 5.88. The first-order chi connectivity index (χ1) is 7.58. The van der Waals surface area contributed by atoms with Crippen LogP contribution in [-0.2, 0) is 10.3 Å². The fraction of sp³-hybridized carbons (Fsp3) is 0.643. The average molecular weight is 219 g/mol. The Bertz CT molecular complexity index is 383. The van der Waals surface area contributed by atoms with Crippen LogP contribution in [0.5, 0.6) is 0 Å². The number of ketones is 1. The van der Waals surface area contributed by atoms with Crippen LogP contribution in [0.2, 0.25) is 0 Å². The van der Waals surface area contributed by atoms with Crippen LogP contribution in [0.15, 0.2) is 18.3 Å². The predicted octanol–water partition coefficient (Wildman–Crippen LogP) is 3.29. The van der Waals surface area contributed by atoms with Crippen molar-refractivity contribution in [2.45, 2.75) is 52.0 Å². The summed E-state index contributed by atoms with van der Waals surface area (Å²) < 4.78 is 2.21. The van der Waals surface area contributed by atoms with Crippen LogP contribution in [-0.4, -0.2) is 10.4 Å². The lowest BCUT2D eigenvalue weighted by molar-refractivity contribution is -0.130. The summed E-state index contributed by atoms with van der Waals surface area (Å²) in [7, 11) is 0. The Kier molecular flexibility index (Phi) is 2.92. The second-order valence-corrected chi connectivity index (χ2v) is 5.28. The van der Waals surface area contributed by atoms with Crippen LogP contribution in [0.1, 0.15) is 45.2 Å². The molecule has 0 amide bonds. The van der Waals surface area contributed by atoms with E-state index < -0.39 is 0 Å². The van der Waals surface area contributed by atoms with E-state index in [1.807, 2.05) is 19.9 Å². The minimum Gasteiger partial charge on any atom is -0.339 e. The zero-order chi connectivity index (χ0) is 11.8. The van der Waals surface area contributed by atoms with E-state index in [4.69, 9.17) is 0 Å². The number of aryl methyl sites for hydroxylation is 1. The molecule has 0 saturated heterocycles. The Labute approximate surface area is 97.7 Å². The van der Waals surface area contributed by atoms with Crippen molar-refractivity contribution >= 4 is 5.78 Å². The minimum atomic E-state index is -0.234. The molecule has 0 unspecified atom stereocenters. The number of hydrogen-bond donors (Lipinski definition) is 0. The Morgan fingerprint density at radius 2 is 2.00 bits per heavy atom. The highest BCUT2D eigenvalue weighted by Gasteiger charge is 2.43. The zero-order valence-electron chi connectivity index (χ0n) is 10.5. The first kappa shape index (κ1) is 11.4.